The fraction of sp³-hybridized carbons (Fsp3) is 0.250. The number of hydrogen-bond donors (Lipinski definition) is 0. The second kappa shape index (κ2) is 6.49. The van der Waals surface area contributed by atoms with Gasteiger partial charge in [-0.3, -0.25) is 9.20 Å². The number of likely N-dealkylation sites (tertiary alicyclic amines) is 1. The molecule has 5 rings (SSSR count). The molecule has 1 fully saturated rings. The number of amides is 1. The summed E-state index contributed by atoms with van der Waals surface area (Å²) < 4.78 is 8.48. The van der Waals surface area contributed by atoms with Crippen molar-refractivity contribution in [1.29, 1.82) is 0 Å². The molecule has 0 aliphatic carbocycles. The molecule has 4 heterocycles. The van der Waals surface area contributed by atoms with Gasteiger partial charge in [0.15, 0.2) is 5.58 Å². The van der Waals surface area contributed by atoms with E-state index in [9.17, 15) is 4.79 Å². The highest BCUT2D eigenvalue weighted by atomic mass is 79.9. The normalized spacial score (nSPS) is 14.9. The first-order valence-corrected chi connectivity index (χ1v) is 9.82. The molecule has 0 atom stereocenters. The molecule has 3 aromatic heterocycles. The molecule has 1 aliphatic rings. The zero-order chi connectivity index (χ0) is 18.4. The molecule has 27 heavy (non-hydrogen) atoms. The van der Waals surface area contributed by atoms with Crippen molar-refractivity contribution >= 4 is 38.5 Å². The highest BCUT2D eigenvalue weighted by Gasteiger charge is 2.21. The first kappa shape index (κ1) is 16.5. The topological polar surface area (TPSA) is 63.6 Å². The van der Waals surface area contributed by atoms with Crippen LogP contribution in [0.4, 0.5) is 0 Å². The van der Waals surface area contributed by atoms with Gasteiger partial charge >= 0.3 is 0 Å². The van der Waals surface area contributed by atoms with Gasteiger partial charge in [0.05, 0.1) is 17.3 Å². The molecule has 4 aromatic rings. The smallest absolute Gasteiger partial charge is 0.253 e. The summed E-state index contributed by atoms with van der Waals surface area (Å²) in [5, 5.41) is 5.12. The van der Waals surface area contributed by atoms with Crippen LogP contribution in [0.3, 0.4) is 0 Å². The molecule has 6 nitrogen and oxygen atoms in total. The number of hydrogen-bond acceptors (Lipinski definition) is 4. The summed E-state index contributed by atoms with van der Waals surface area (Å²) in [6.45, 7) is 1.66. The molecule has 1 saturated heterocycles. The first-order chi connectivity index (χ1) is 13.2. The van der Waals surface area contributed by atoms with E-state index < -0.39 is 0 Å². The number of piperidine rings is 1. The lowest BCUT2D eigenvalue weighted by atomic mass is 10.1. The van der Waals surface area contributed by atoms with E-state index in [0.717, 1.165) is 47.1 Å². The summed E-state index contributed by atoms with van der Waals surface area (Å²) in [5.74, 6) is 0.0632. The van der Waals surface area contributed by atoms with Crippen molar-refractivity contribution in [3.63, 3.8) is 0 Å². The molecule has 136 valence electrons. The lowest BCUT2D eigenvalue weighted by Crippen LogP contribution is -2.35. The minimum absolute atomic E-state index is 0.0632. The number of benzene rings is 1. The number of carbonyl (C=O) groups is 1. The zero-order valence-corrected chi connectivity index (χ0v) is 16.1. The van der Waals surface area contributed by atoms with Crippen molar-refractivity contribution in [2.45, 2.75) is 19.3 Å². The molecule has 0 spiro atoms. The van der Waals surface area contributed by atoms with Gasteiger partial charge in [0.1, 0.15) is 11.3 Å². The van der Waals surface area contributed by atoms with Crippen LogP contribution in [0, 0.1) is 0 Å². The second-order valence-corrected chi connectivity index (χ2v) is 7.73. The van der Waals surface area contributed by atoms with Crippen LogP contribution < -0.4 is 0 Å². The number of nitrogens with zero attached hydrogens (tertiary/aromatic N) is 4. The number of aromatic nitrogens is 3. The van der Waals surface area contributed by atoms with Crippen molar-refractivity contribution in [3.05, 3.63) is 52.8 Å². The molecule has 7 heteroatoms. The van der Waals surface area contributed by atoms with Gasteiger partial charge in [-0.2, -0.15) is 0 Å². The predicted octanol–water partition coefficient (Wildman–Crippen LogP) is 4.53. The SMILES string of the molecule is O=C(c1ccc2c(-c3cnc4ccc(Br)cn34)noc2c1)N1CCCCC1. The van der Waals surface area contributed by atoms with Crippen LogP contribution in [0.5, 0.6) is 0 Å². The van der Waals surface area contributed by atoms with Gasteiger partial charge in [0, 0.05) is 29.3 Å². The maximum atomic E-state index is 12.7. The van der Waals surface area contributed by atoms with Crippen molar-refractivity contribution in [2.24, 2.45) is 0 Å². The molecule has 0 bridgehead atoms. The van der Waals surface area contributed by atoms with Crippen LogP contribution in [0.1, 0.15) is 29.6 Å². The average molecular weight is 425 g/mol. The van der Waals surface area contributed by atoms with Crippen LogP contribution >= 0.6 is 15.9 Å². The van der Waals surface area contributed by atoms with Crippen molar-refractivity contribution in [1.82, 2.24) is 19.4 Å². The van der Waals surface area contributed by atoms with Gasteiger partial charge in [-0.05, 0) is 65.5 Å². The maximum Gasteiger partial charge on any atom is 0.253 e. The summed E-state index contributed by atoms with van der Waals surface area (Å²) in [7, 11) is 0. The first-order valence-electron chi connectivity index (χ1n) is 9.02. The Hall–Kier alpha value is -2.67. The number of halogens is 1. The van der Waals surface area contributed by atoms with E-state index in [1.54, 1.807) is 12.3 Å². The van der Waals surface area contributed by atoms with Crippen molar-refractivity contribution in [2.75, 3.05) is 13.1 Å². The average Bonchev–Trinajstić information content (AvgIpc) is 3.30. The van der Waals surface area contributed by atoms with E-state index in [2.05, 4.69) is 26.1 Å². The van der Waals surface area contributed by atoms with Gasteiger partial charge in [0.25, 0.3) is 5.91 Å². The Bertz CT molecular complexity index is 1160. The molecule has 0 N–H and O–H groups in total. The van der Waals surface area contributed by atoms with E-state index in [-0.39, 0.29) is 5.91 Å². The van der Waals surface area contributed by atoms with Gasteiger partial charge in [-0.15, -0.1) is 0 Å². The Morgan fingerprint density at radius 2 is 1.96 bits per heavy atom. The molecule has 0 unspecified atom stereocenters. The largest absolute Gasteiger partial charge is 0.356 e. The van der Waals surface area contributed by atoms with Crippen LogP contribution in [0.25, 0.3) is 28.0 Å². The van der Waals surface area contributed by atoms with Gasteiger partial charge in [-0.25, -0.2) is 4.98 Å². The number of rotatable bonds is 2. The highest BCUT2D eigenvalue weighted by molar-refractivity contribution is 9.10. The Morgan fingerprint density at radius 3 is 2.81 bits per heavy atom. The van der Waals surface area contributed by atoms with E-state index >= 15 is 0 Å². The third-order valence-corrected chi connectivity index (χ3v) is 5.54. The molecule has 1 aromatic carbocycles. The van der Waals surface area contributed by atoms with Gasteiger partial charge < -0.3 is 9.42 Å². The van der Waals surface area contributed by atoms with Crippen LogP contribution in [0.2, 0.25) is 0 Å². The molecular weight excluding hydrogens is 408 g/mol. The number of carbonyl (C=O) groups excluding carboxylic acids is 1. The fourth-order valence-electron chi connectivity index (χ4n) is 3.66. The predicted molar refractivity (Wildman–Crippen MR) is 106 cm³/mol. The number of fused-ring (bicyclic) bond motifs is 2. The Morgan fingerprint density at radius 1 is 1.11 bits per heavy atom. The lowest BCUT2D eigenvalue weighted by molar-refractivity contribution is 0.0724. The summed E-state index contributed by atoms with van der Waals surface area (Å²) in [5.41, 5.74) is 3.65. The Kier molecular flexibility index (Phi) is 3.97. The van der Waals surface area contributed by atoms with E-state index in [4.69, 9.17) is 4.52 Å². The molecular formula is C20H17BrN4O2. The van der Waals surface area contributed by atoms with Crippen LogP contribution in [0.15, 0.2) is 51.7 Å². The molecule has 1 amide bonds. The third kappa shape index (κ3) is 2.82. The summed E-state index contributed by atoms with van der Waals surface area (Å²) in [6, 6.07) is 9.45. The minimum atomic E-state index is 0.0632. The maximum absolute atomic E-state index is 12.7. The minimum Gasteiger partial charge on any atom is -0.356 e. The molecule has 0 radical (unpaired) electrons. The van der Waals surface area contributed by atoms with E-state index in [0.29, 0.717) is 16.8 Å². The van der Waals surface area contributed by atoms with Gasteiger partial charge in [-0.1, -0.05) is 5.16 Å². The fourth-order valence-corrected chi connectivity index (χ4v) is 4.00. The third-order valence-electron chi connectivity index (χ3n) is 5.07. The highest BCUT2D eigenvalue weighted by Crippen LogP contribution is 2.30. The standard InChI is InChI=1S/C20H17BrN4O2/c21-14-5-7-18-22-11-16(25(18)12-14)19-15-6-4-13(10-17(15)27-23-19)20(26)24-8-2-1-3-9-24/h4-7,10-12H,1-3,8-9H2. The Balaban J connectivity index is 1.55. The lowest BCUT2D eigenvalue weighted by Gasteiger charge is -2.26. The van der Waals surface area contributed by atoms with E-state index in [1.807, 2.05) is 39.8 Å². The monoisotopic (exact) mass is 424 g/mol. The molecule has 1 aliphatic heterocycles. The zero-order valence-electron chi connectivity index (χ0n) is 14.6. The number of imidazole rings is 1. The Labute approximate surface area is 163 Å². The van der Waals surface area contributed by atoms with Crippen molar-refractivity contribution in [3.8, 4) is 11.4 Å². The van der Waals surface area contributed by atoms with Crippen molar-refractivity contribution < 1.29 is 9.32 Å². The van der Waals surface area contributed by atoms with Gasteiger partial charge in [0.2, 0.25) is 0 Å². The van der Waals surface area contributed by atoms with Crippen LogP contribution in [-0.4, -0.2) is 38.4 Å². The van der Waals surface area contributed by atoms with Crippen LogP contribution in [-0.2, 0) is 0 Å². The number of pyridine rings is 1. The summed E-state index contributed by atoms with van der Waals surface area (Å²) >= 11 is 3.49. The summed E-state index contributed by atoms with van der Waals surface area (Å²) in [4.78, 5) is 19.1. The summed E-state index contributed by atoms with van der Waals surface area (Å²) in [6.07, 6.45) is 7.08. The second-order valence-electron chi connectivity index (χ2n) is 6.81. The quantitative estimate of drug-likeness (QED) is 0.474. The van der Waals surface area contributed by atoms with E-state index in [1.165, 1.54) is 6.42 Å². The molecule has 0 saturated carbocycles.